The normalized spacial score (nSPS) is 12.2. The Balaban J connectivity index is 1.11. The van der Waals surface area contributed by atoms with Crippen molar-refractivity contribution in [1.82, 2.24) is 0 Å². The van der Waals surface area contributed by atoms with Crippen LogP contribution in [0.5, 0.6) is 0 Å². The molecular formula is C80H56. The molecule has 0 unspecified atom stereocenters. The first-order valence-corrected chi connectivity index (χ1v) is 27.8. The van der Waals surface area contributed by atoms with Crippen LogP contribution in [0.25, 0.3) is 111 Å². The Bertz CT molecular complexity index is 3970. The minimum atomic E-state index is -0.820. The van der Waals surface area contributed by atoms with Gasteiger partial charge in [-0.15, -0.1) is 0 Å². The molecule has 0 fully saturated rings. The molecule has 0 N–H and O–H groups in total. The van der Waals surface area contributed by atoms with E-state index in [1.807, 2.05) is 0 Å². The van der Waals surface area contributed by atoms with E-state index in [9.17, 15) is 0 Å². The van der Waals surface area contributed by atoms with Crippen LogP contribution in [-0.4, -0.2) is 0 Å². The van der Waals surface area contributed by atoms with Crippen molar-refractivity contribution in [3.63, 3.8) is 0 Å². The minimum Gasteiger partial charge on any atom is -0.0622 e. The van der Waals surface area contributed by atoms with Gasteiger partial charge in [0.15, 0.2) is 0 Å². The lowest BCUT2D eigenvalue weighted by molar-refractivity contribution is 0.769. The molecule has 0 aliphatic heterocycles. The van der Waals surface area contributed by atoms with Gasteiger partial charge in [-0.25, -0.2) is 0 Å². The second-order valence-corrected chi connectivity index (χ2v) is 21.2. The van der Waals surface area contributed by atoms with Gasteiger partial charge in [-0.1, -0.05) is 261 Å². The maximum Gasteiger partial charge on any atom is 0.0714 e. The van der Waals surface area contributed by atoms with E-state index < -0.39 is 5.41 Å². The van der Waals surface area contributed by atoms with Crippen molar-refractivity contribution in [2.45, 2.75) is 12.3 Å². The highest BCUT2D eigenvalue weighted by Crippen LogP contribution is 2.60. The van der Waals surface area contributed by atoms with Crippen molar-refractivity contribution >= 4 is 0 Å². The van der Waals surface area contributed by atoms with Crippen LogP contribution in [0.3, 0.4) is 0 Å². The highest BCUT2D eigenvalue weighted by Gasteiger charge is 2.48. The fourth-order valence-electron chi connectivity index (χ4n) is 12.6. The van der Waals surface area contributed by atoms with Gasteiger partial charge in [-0.3, -0.25) is 0 Å². The van der Waals surface area contributed by atoms with Gasteiger partial charge in [0, 0.05) is 0 Å². The third kappa shape index (κ3) is 8.78. The molecule has 0 heteroatoms. The topological polar surface area (TPSA) is 0 Å². The van der Waals surface area contributed by atoms with Gasteiger partial charge >= 0.3 is 0 Å². The average molecular weight is 1020 g/mol. The molecule has 0 heterocycles. The maximum atomic E-state index is 2.52. The molecule has 376 valence electrons. The summed E-state index contributed by atoms with van der Waals surface area (Å²) in [6, 6.07) is 119. The van der Waals surface area contributed by atoms with E-state index in [2.05, 4.69) is 328 Å². The van der Waals surface area contributed by atoms with Gasteiger partial charge in [0.05, 0.1) is 5.41 Å². The van der Waals surface area contributed by atoms with E-state index in [0.717, 1.165) is 44.5 Å². The first-order chi connectivity index (χ1) is 39.5. The van der Waals surface area contributed by atoms with E-state index in [1.165, 1.54) is 94.6 Å². The monoisotopic (exact) mass is 1020 g/mol. The molecule has 13 aromatic rings. The zero-order valence-corrected chi connectivity index (χ0v) is 44.6. The molecule has 0 nitrogen and oxygen atoms in total. The predicted octanol–water partition coefficient (Wildman–Crippen LogP) is 21.4. The van der Waals surface area contributed by atoms with E-state index >= 15 is 0 Å². The highest BCUT2D eigenvalue weighted by atomic mass is 14.5. The SMILES string of the molecule is Cc1cccc2c1-c1c(-c3ccccc3)cccc1C2(c1cc(-c2cccc(-c3ccccc3)c2)cc(-c2cccc(-c3ccccc3)c2)c1)c1cc(-c2cccc(-c3ccccc3)c2)cc(-c2cccc(-c3ccccc3)c2)c1. The number of rotatable bonds is 11. The Hall–Kier alpha value is -10.1. The fraction of sp³-hybridized carbons (Fsp3) is 0.0250. The largest absolute Gasteiger partial charge is 0.0714 e. The number of benzene rings is 13. The lowest BCUT2D eigenvalue weighted by Crippen LogP contribution is -2.29. The molecule has 0 bridgehead atoms. The van der Waals surface area contributed by atoms with Crippen molar-refractivity contribution < 1.29 is 0 Å². The Kier molecular flexibility index (Phi) is 12.5. The summed E-state index contributed by atoms with van der Waals surface area (Å²) < 4.78 is 0. The Labute approximate surface area is 470 Å². The van der Waals surface area contributed by atoms with Crippen molar-refractivity contribution in [3.05, 3.63) is 349 Å². The molecule has 13 aromatic carbocycles. The summed E-state index contributed by atoms with van der Waals surface area (Å²) in [4.78, 5) is 0. The molecule has 0 amide bonds. The van der Waals surface area contributed by atoms with Crippen molar-refractivity contribution in [2.24, 2.45) is 0 Å². The van der Waals surface area contributed by atoms with Crippen LogP contribution >= 0.6 is 0 Å². The standard InChI is InChI=1S/C80H56/c1-55-23-17-43-76-78(55)79-75(60-32-15-6-16-33-60)42-22-44-77(79)80(76,73-51-69(65-38-18-34-61(45-65)56-24-7-2-8-25-56)49-70(52-73)66-39-19-35-62(46-66)57-26-9-3-10-27-57)74-53-71(67-40-20-36-63(47-67)58-28-11-4-12-29-58)50-72(54-74)68-41-21-37-64(48-68)59-30-13-5-14-31-59/h2-54H,1H3. The van der Waals surface area contributed by atoms with Crippen LogP contribution in [-0.2, 0) is 5.41 Å². The van der Waals surface area contributed by atoms with E-state index in [0.29, 0.717) is 0 Å². The third-order valence-electron chi connectivity index (χ3n) is 16.4. The molecule has 1 aliphatic carbocycles. The number of fused-ring (bicyclic) bond motifs is 3. The summed E-state index contributed by atoms with van der Waals surface area (Å²) in [5.41, 5.74) is 29.1. The van der Waals surface area contributed by atoms with Gasteiger partial charge in [-0.2, -0.15) is 0 Å². The molecule has 0 saturated carbocycles. The van der Waals surface area contributed by atoms with Crippen LogP contribution in [0.2, 0.25) is 0 Å². The van der Waals surface area contributed by atoms with Crippen LogP contribution in [0.15, 0.2) is 322 Å². The maximum absolute atomic E-state index is 2.52. The number of aryl methyl sites for hydroxylation is 1. The van der Waals surface area contributed by atoms with Crippen molar-refractivity contribution in [2.75, 3.05) is 0 Å². The molecule has 0 saturated heterocycles. The van der Waals surface area contributed by atoms with Gasteiger partial charge in [-0.05, 0) is 207 Å². The zero-order chi connectivity index (χ0) is 53.4. The Morgan fingerprint density at radius 3 is 0.775 bits per heavy atom. The lowest BCUT2D eigenvalue weighted by atomic mass is 9.65. The summed E-state index contributed by atoms with van der Waals surface area (Å²) >= 11 is 0. The van der Waals surface area contributed by atoms with Crippen LogP contribution in [0.4, 0.5) is 0 Å². The molecule has 80 heavy (non-hydrogen) atoms. The third-order valence-corrected chi connectivity index (χ3v) is 16.4. The van der Waals surface area contributed by atoms with Crippen LogP contribution in [0, 0.1) is 6.92 Å². The summed E-state index contributed by atoms with van der Waals surface area (Å²) in [6.45, 7) is 2.30. The van der Waals surface area contributed by atoms with E-state index in [-0.39, 0.29) is 0 Å². The van der Waals surface area contributed by atoms with Crippen LogP contribution in [0.1, 0.15) is 27.8 Å². The molecule has 1 aliphatic rings. The zero-order valence-electron chi connectivity index (χ0n) is 44.6. The van der Waals surface area contributed by atoms with Crippen LogP contribution < -0.4 is 0 Å². The Morgan fingerprint density at radius 1 is 0.188 bits per heavy atom. The summed E-state index contributed by atoms with van der Waals surface area (Å²) in [6.07, 6.45) is 0. The first kappa shape index (κ1) is 48.2. The first-order valence-electron chi connectivity index (χ1n) is 27.8. The summed E-state index contributed by atoms with van der Waals surface area (Å²) in [5, 5.41) is 0. The fourth-order valence-corrected chi connectivity index (χ4v) is 12.6. The highest BCUT2D eigenvalue weighted by molar-refractivity contribution is 5.98. The second kappa shape index (κ2) is 20.7. The van der Waals surface area contributed by atoms with Gasteiger partial charge in [0.25, 0.3) is 0 Å². The lowest BCUT2D eigenvalue weighted by Gasteiger charge is -2.36. The van der Waals surface area contributed by atoms with Gasteiger partial charge in [0.2, 0.25) is 0 Å². The van der Waals surface area contributed by atoms with Crippen molar-refractivity contribution in [3.8, 4) is 111 Å². The minimum absolute atomic E-state index is 0.820. The molecule has 0 spiro atoms. The molecule has 14 rings (SSSR count). The number of hydrogen-bond acceptors (Lipinski definition) is 0. The molecule has 0 atom stereocenters. The van der Waals surface area contributed by atoms with Gasteiger partial charge in [0.1, 0.15) is 0 Å². The summed E-state index contributed by atoms with van der Waals surface area (Å²) in [7, 11) is 0. The molecule has 0 radical (unpaired) electrons. The Morgan fingerprint density at radius 2 is 0.438 bits per heavy atom. The smallest absolute Gasteiger partial charge is 0.0622 e. The average Bonchev–Trinajstić information content (AvgIpc) is 3.95. The summed E-state index contributed by atoms with van der Waals surface area (Å²) in [5.74, 6) is 0. The van der Waals surface area contributed by atoms with Gasteiger partial charge < -0.3 is 0 Å². The molecule has 0 aromatic heterocycles. The van der Waals surface area contributed by atoms with E-state index in [4.69, 9.17) is 0 Å². The molecular weight excluding hydrogens is 961 g/mol. The quantitative estimate of drug-likeness (QED) is 0.121. The van der Waals surface area contributed by atoms with Crippen molar-refractivity contribution in [1.29, 1.82) is 0 Å². The van der Waals surface area contributed by atoms with E-state index in [1.54, 1.807) is 0 Å². The number of hydrogen-bond donors (Lipinski definition) is 0. The second-order valence-electron chi connectivity index (χ2n) is 21.2. The predicted molar refractivity (Wildman–Crippen MR) is 337 cm³/mol.